The zero-order valence-corrected chi connectivity index (χ0v) is 22.2. The molecule has 0 saturated heterocycles. The van der Waals surface area contributed by atoms with Crippen molar-refractivity contribution in [2.45, 2.75) is 0 Å². The summed E-state index contributed by atoms with van der Waals surface area (Å²) in [4.78, 5) is 0. The Balaban J connectivity index is 1.74. The summed E-state index contributed by atoms with van der Waals surface area (Å²) in [5.74, 6) is -4.00. The highest BCUT2D eigenvalue weighted by Gasteiger charge is 2.27. The van der Waals surface area contributed by atoms with E-state index in [1.807, 2.05) is 0 Å². The molecule has 0 N–H and O–H groups in total. The van der Waals surface area contributed by atoms with Crippen LogP contribution in [0.3, 0.4) is 0 Å². The second-order valence-corrected chi connectivity index (χ2v) is 10.2. The molecule has 0 spiro atoms. The second-order valence-electron chi connectivity index (χ2n) is 10.2. The SMILES string of the molecule is Fc1c(F)c(-c2ccccc2)c2cc3c(-c4ccccc4)c(F)c(F)c(-c4ccccc4)c3cc2c1-c1ccccc1. The summed E-state index contributed by atoms with van der Waals surface area (Å²) in [5, 5.41) is 1.59. The van der Waals surface area contributed by atoms with Gasteiger partial charge in [-0.25, -0.2) is 17.6 Å². The molecule has 0 heterocycles. The summed E-state index contributed by atoms with van der Waals surface area (Å²) in [5.41, 5.74) is 2.17. The quantitative estimate of drug-likeness (QED) is 0.150. The van der Waals surface area contributed by atoms with Crippen molar-refractivity contribution in [1.82, 2.24) is 0 Å². The maximum Gasteiger partial charge on any atom is 0.167 e. The van der Waals surface area contributed by atoms with Gasteiger partial charge in [0.2, 0.25) is 0 Å². The predicted octanol–water partition coefficient (Wildman–Crippen LogP) is 11.2. The Kier molecular flexibility index (Phi) is 6.32. The van der Waals surface area contributed by atoms with E-state index in [0.29, 0.717) is 43.8 Å². The van der Waals surface area contributed by atoms with Crippen LogP contribution in [-0.2, 0) is 0 Å². The Labute approximate surface area is 240 Å². The van der Waals surface area contributed by atoms with Crippen LogP contribution in [0.5, 0.6) is 0 Å². The Bertz CT molecular complexity index is 1790. The Morgan fingerprint density at radius 3 is 0.643 bits per heavy atom. The Morgan fingerprint density at radius 1 is 0.262 bits per heavy atom. The molecule has 7 aromatic carbocycles. The molecule has 0 bridgehead atoms. The zero-order chi connectivity index (χ0) is 28.8. The van der Waals surface area contributed by atoms with Crippen LogP contribution in [0.1, 0.15) is 0 Å². The molecule has 0 radical (unpaired) electrons. The average Bonchev–Trinajstić information content (AvgIpc) is 3.04. The van der Waals surface area contributed by atoms with Crippen LogP contribution in [0.2, 0.25) is 0 Å². The molecule has 0 atom stereocenters. The molecule has 0 aliphatic rings. The lowest BCUT2D eigenvalue weighted by molar-refractivity contribution is 0.515. The summed E-state index contributed by atoms with van der Waals surface area (Å²) >= 11 is 0. The fourth-order valence-corrected chi connectivity index (χ4v) is 5.89. The molecular formula is C38H22F4. The van der Waals surface area contributed by atoms with Gasteiger partial charge in [-0.2, -0.15) is 0 Å². The van der Waals surface area contributed by atoms with Gasteiger partial charge in [-0.1, -0.05) is 121 Å². The summed E-state index contributed by atoms with van der Waals surface area (Å²) in [6, 6.07) is 38.3. The summed E-state index contributed by atoms with van der Waals surface area (Å²) < 4.78 is 64.7. The van der Waals surface area contributed by atoms with Gasteiger partial charge in [-0.3, -0.25) is 0 Å². The van der Waals surface area contributed by atoms with Crippen molar-refractivity contribution in [2.75, 3.05) is 0 Å². The van der Waals surface area contributed by atoms with Gasteiger partial charge in [-0.15, -0.1) is 0 Å². The van der Waals surface area contributed by atoms with Gasteiger partial charge in [0.05, 0.1) is 0 Å². The van der Waals surface area contributed by atoms with Gasteiger partial charge in [0, 0.05) is 22.3 Å². The normalized spacial score (nSPS) is 11.3. The smallest absolute Gasteiger partial charge is 0.167 e. The van der Waals surface area contributed by atoms with Crippen LogP contribution in [0.15, 0.2) is 133 Å². The maximum atomic E-state index is 16.2. The first-order chi connectivity index (χ1) is 20.5. The molecule has 42 heavy (non-hydrogen) atoms. The van der Waals surface area contributed by atoms with Crippen molar-refractivity contribution in [3.63, 3.8) is 0 Å². The van der Waals surface area contributed by atoms with E-state index >= 15 is 17.6 Å². The van der Waals surface area contributed by atoms with Crippen molar-refractivity contribution >= 4 is 21.5 Å². The number of rotatable bonds is 4. The fraction of sp³-hybridized carbons (Fsp3) is 0. The minimum Gasteiger partial charge on any atom is -0.203 e. The summed E-state index contributed by atoms with van der Waals surface area (Å²) in [6.45, 7) is 0. The topological polar surface area (TPSA) is 0 Å². The molecule has 202 valence electrons. The molecule has 0 aromatic heterocycles. The summed E-state index contributed by atoms with van der Waals surface area (Å²) in [6.07, 6.45) is 0. The minimum atomic E-state index is -1.00. The molecule has 0 nitrogen and oxygen atoms in total. The predicted molar refractivity (Wildman–Crippen MR) is 163 cm³/mol. The number of hydrogen-bond acceptors (Lipinski definition) is 0. The van der Waals surface area contributed by atoms with Crippen LogP contribution in [0.25, 0.3) is 66.1 Å². The number of halogens is 4. The van der Waals surface area contributed by atoms with E-state index in [4.69, 9.17) is 0 Å². The van der Waals surface area contributed by atoms with Crippen LogP contribution in [0.4, 0.5) is 17.6 Å². The van der Waals surface area contributed by atoms with Crippen LogP contribution in [0, 0.1) is 23.3 Å². The Hall–Kier alpha value is -5.22. The van der Waals surface area contributed by atoms with E-state index in [-0.39, 0.29) is 22.3 Å². The third-order valence-electron chi connectivity index (χ3n) is 7.75. The molecule has 0 unspecified atom stereocenters. The molecular weight excluding hydrogens is 532 g/mol. The molecule has 0 amide bonds. The van der Waals surface area contributed by atoms with Crippen molar-refractivity contribution in [3.05, 3.63) is 157 Å². The van der Waals surface area contributed by atoms with Gasteiger partial charge in [-0.05, 0) is 55.9 Å². The van der Waals surface area contributed by atoms with Crippen LogP contribution < -0.4 is 0 Å². The number of hydrogen-bond donors (Lipinski definition) is 0. The highest BCUT2D eigenvalue weighted by Crippen LogP contribution is 2.47. The maximum absolute atomic E-state index is 16.2. The highest BCUT2D eigenvalue weighted by atomic mass is 19.2. The molecule has 0 fully saturated rings. The van der Waals surface area contributed by atoms with Gasteiger partial charge < -0.3 is 0 Å². The first-order valence-corrected chi connectivity index (χ1v) is 13.6. The van der Waals surface area contributed by atoms with Gasteiger partial charge >= 0.3 is 0 Å². The van der Waals surface area contributed by atoms with E-state index in [2.05, 4.69) is 0 Å². The molecule has 7 aromatic rings. The van der Waals surface area contributed by atoms with Crippen molar-refractivity contribution in [1.29, 1.82) is 0 Å². The second kappa shape index (κ2) is 10.3. The molecule has 0 aliphatic heterocycles. The first kappa shape index (κ1) is 25.7. The third kappa shape index (κ3) is 4.07. The van der Waals surface area contributed by atoms with Gasteiger partial charge in [0.15, 0.2) is 23.3 Å². The van der Waals surface area contributed by atoms with Gasteiger partial charge in [0.1, 0.15) is 0 Å². The Morgan fingerprint density at radius 2 is 0.452 bits per heavy atom. The standard InChI is InChI=1S/C38H22F4/c39-35-31(23-13-5-1-6-14-23)27-21-29-30(22-28(27)32(36(35)40)24-15-7-2-8-16-24)34(26-19-11-4-12-20-26)38(42)37(41)33(29)25-17-9-3-10-18-25/h1-22H. The summed E-state index contributed by atoms with van der Waals surface area (Å²) in [7, 11) is 0. The molecule has 0 saturated carbocycles. The lowest BCUT2D eigenvalue weighted by Crippen LogP contribution is -2.01. The molecule has 7 rings (SSSR count). The zero-order valence-electron chi connectivity index (χ0n) is 22.2. The van der Waals surface area contributed by atoms with Crippen molar-refractivity contribution in [2.24, 2.45) is 0 Å². The fourth-order valence-electron chi connectivity index (χ4n) is 5.89. The van der Waals surface area contributed by atoms with E-state index < -0.39 is 23.3 Å². The first-order valence-electron chi connectivity index (χ1n) is 13.6. The molecule has 4 heteroatoms. The van der Waals surface area contributed by atoms with Crippen LogP contribution in [-0.4, -0.2) is 0 Å². The monoisotopic (exact) mass is 554 g/mol. The average molecular weight is 555 g/mol. The van der Waals surface area contributed by atoms with Crippen molar-refractivity contribution in [3.8, 4) is 44.5 Å². The highest BCUT2D eigenvalue weighted by molar-refractivity contribution is 6.17. The largest absolute Gasteiger partial charge is 0.203 e. The lowest BCUT2D eigenvalue weighted by atomic mass is 9.85. The lowest BCUT2D eigenvalue weighted by Gasteiger charge is -2.20. The number of benzene rings is 7. The van der Waals surface area contributed by atoms with Crippen LogP contribution >= 0.6 is 0 Å². The molecule has 0 aliphatic carbocycles. The third-order valence-corrected chi connectivity index (χ3v) is 7.75. The van der Waals surface area contributed by atoms with Gasteiger partial charge in [0.25, 0.3) is 0 Å². The minimum absolute atomic E-state index is 0.0645. The van der Waals surface area contributed by atoms with Crippen molar-refractivity contribution < 1.29 is 17.6 Å². The van der Waals surface area contributed by atoms with E-state index in [1.165, 1.54) is 0 Å². The van der Waals surface area contributed by atoms with E-state index in [0.717, 1.165) is 0 Å². The number of fused-ring (bicyclic) bond motifs is 2. The van der Waals surface area contributed by atoms with E-state index in [9.17, 15) is 0 Å². The van der Waals surface area contributed by atoms with E-state index in [1.54, 1.807) is 133 Å².